The van der Waals surface area contributed by atoms with E-state index in [0.29, 0.717) is 0 Å². The summed E-state index contributed by atoms with van der Waals surface area (Å²) in [6.07, 6.45) is 3.63. The lowest BCUT2D eigenvalue weighted by Gasteiger charge is -2.07. The lowest BCUT2D eigenvalue weighted by Crippen LogP contribution is -2.12. The van der Waals surface area contributed by atoms with Crippen molar-refractivity contribution in [1.29, 1.82) is 0 Å². The normalized spacial score (nSPS) is 20.8. The zero-order chi connectivity index (χ0) is 20.1. The van der Waals surface area contributed by atoms with Crippen molar-refractivity contribution in [3.8, 4) is 0 Å². The van der Waals surface area contributed by atoms with E-state index in [2.05, 4.69) is 17.1 Å². The van der Waals surface area contributed by atoms with Gasteiger partial charge < -0.3 is 14.5 Å². The Morgan fingerprint density at radius 1 is 1.29 bits per heavy atom. The monoisotopic (exact) mass is 405 g/mol. The lowest BCUT2D eigenvalue weighted by atomic mass is 10.1. The van der Waals surface area contributed by atoms with Crippen LogP contribution < -0.4 is 0 Å². The van der Waals surface area contributed by atoms with Crippen LogP contribution >= 0.6 is 11.6 Å². The van der Waals surface area contributed by atoms with Crippen LogP contribution in [-0.2, 0) is 27.3 Å². The number of H-pyrrole nitrogens is 1. The first kappa shape index (κ1) is 20.6. The molecule has 1 fully saturated rings. The molecule has 0 bridgehead atoms. The maximum Gasteiger partial charge on any atom is 0.312 e. The van der Waals surface area contributed by atoms with Gasteiger partial charge in [0, 0.05) is 11.6 Å². The molecule has 0 radical (unpaired) electrons. The van der Waals surface area contributed by atoms with Crippen molar-refractivity contribution in [1.82, 2.24) is 4.98 Å². The highest BCUT2D eigenvalue weighted by atomic mass is 35.5. The fourth-order valence-corrected chi connectivity index (χ4v) is 3.52. The minimum Gasteiger partial charge on any atom is -0.459 e. The SMILES string of the molecule is CC1(C)C(OCC=C(F)CCl)C1C(=O)OCc1[nH]ccc1Cc1ccccc1. The number of carbonyl (C=O) groups is 1. The molecule has 0 aliphatic heterocycles. The van der Waals surface area contributed by atoms with E-state index in [1.165, 1.54) is 11.6 Å². The summed E-state index contributed by atoms with van der Waals surface area (Å²) in [5, 5.41) is 0. The third kappa shape index (κ3) is 4.83. The summed E-state index contributed by atoms with van der Waals surface area (Å²) in [5.74, 6) is -1.26. The molecule has 1 aliphatic rings. The molecule has 2 unspecified atom stereocenters. The standard InChI is InChI=1S/C22H25ClFNO3/c1-22(2)19(20(22)27-11-9-17(24)13-23)21(26)28-14-18-16(8-10-25-18)12-15-6-4-3-5-7-15/h3-10,19-20,25H,11-14H2,1-2H3. The van der Waals surface area contributed by atoms with Gasteiger partial charge in [-0.25, -0.2) is 4.39 Å². The molecule has 1 heterocycles. The third-order valence-electron chi connectivity index (χ3n) is 5.22. The minimum atomic E-state index is -0.433. The molecule has 1 N–H and O–H groups in total. The van der Waals surface area contributed by atoms with Gasteiger partial charge in [-0.1, -0.05) is 44.2 Å². The summed E-state index contributed by atoms with van der Waals surface area (Å²) >= 11 is 5.40. The van der Waals surface area contributed by atoms with Gasteiger partial charge in [-0.3, -0.25) is 4.79 Å². The summed E-state index contributed by atoms with van der Waals surface area (Å²) in [4.78, 5) is 15.7. The minimum absolute atomic E-state index is 0.0915. The Labute approximate surface area is 169 Å². The van der Waals surface area contributed by atoms with E-state index in [0.717, 1.165) is 17.7 Å². The van der Waals surface area contributed by atoms with Crippen LogP contribution in [0, 0.1) is 11.3 Å². The Hall–Kier alpha value is -2.11. The van der Waals surface area contributed by atoms with Crippen LogP contribution in [0.5, 0.6) is 0 Å². The molecule has 0 saturated heterocycles. The van der Waals surface area contributed by atoms with Crippen molar-refractivity contribution in [2.24, 2.45) is 11.3 Å². The van der Waals surface area contributed by atoms with Gasteiger partial charge in [0.2, 0.25) is 0 Å². The number of hydrogen-bond donors (Lipinski definition) is 1. The first-order valence-corrected chi connectivity index (χ1v) is 9.84. The van der Waals surface area contributed by atoms with Gasteiger partial charge in [0.25, 0.3) is 0 Å². The molecule has 6 heteroatoms. The Kier molecular flexibility index (Phi) is 6.57. The van der Waals surface area contributed by atoms with Gasteiger partial charge in [-0.15, -0.1) is 11.6 Å². The molecular formula is C22H25ClFNO3. The van der Waals surface area contributed by atoms with E-state index >= 15 is 0 Å². The summed E-state index contributed by atoms with van der Waals surface area (Å²) in [7, 11) is 0. The summed E-state index contributed by atoms with van der Waals surface area (Å²) in [5.41, 5.74) is 2.86. The largest absolute Gasteiger partial charge is 0.459 e. The van der Waals surface area contributed by atoms with E-state index in [1.54, 1.807) is 0 Å². The van der Waals surface area contributed by atoms with Gasteiger partial charge >= 0.3 is 5.97 Å². The fraction of sp³-hybridized carbons (Fsp3) is 0.409. The van der Waals surface area contributed by atoms with Gasteiger partial charge in [0.05, 0.1) is 30.2 Å². The number of carbonyl (C=O) groups excluding carboxylic acids is 1. The molecule has 28 heavy (non-hydrogen) atoms. The number of nitrogens with one attached hydrogen (secondary N) is 1. The van der Waals surface area contributed by atoms with Crippen LogP contribution in [0.15, 0.2) is 54.5 Å². The van der Waals surface area contributed by atoms with Crippen LogP contribution in [0.3, 0.4) is 0 Å². The molecule has 4 nitrogen and oxygen atoms in total. The smallest absolute Gasteiger partial charge is 0.312 e. The molecule has 1 saturated carbocycles. The van der Waals surface area contributed by atoms with Gasteiger partial charge in [0.15, 0.2) is 0 Å². The second-order valence-electron chi connectivity index (χ2n) is 7.59. The molecule has 2 aromatic rings. The molecule has 1 aromatic carbocycles. The number of hydrogen-bond acceptors (Lipinski definition) is 3. The highest BCUT2D eigenvalue weighted by molar-refractivity contribution is 6.19. The first-order chi connectivity index (χ1) is 13.4. The zero-order valence-electron chi connectivity index (χ0n) is 16.1. The van der Waals surface area contributed by atoms with Crippen LogP contribution in [-0.4, -0.2) is 29.5 Å². The number of aromatic amines is 1. The average Bonchev–Trinajstić information content (AvgIpc) is 3.00. The highest BCUT2D eigenvalue weighted by Crippen LogP contribution is 2.54. The highest BCUT2D eigenvalue weighted by Gasteiger charge is 2.64. The molecule has 0 spiro atoms. The molecule has 1 aliphatic carbocycles. The van der Waals surface area contributed by atoms with E-state index in [1.807, 2.05) is 44.3 Å². The predicted molar refractivity (Wildman–Crippen MR) is 107 cm³/mol. The summed E-state index contributed by atoms with van der Waals surface area (Å²) in [6, 6.07) is 12.1. The summed E-state index contributed by atoms with van der Waals surface area (Å²) < 4.78 is 24.3. The second kappa shape index (κ2) is 8.93. The molecule has 2 atom stereocenters. The first-order valence-electron chi connectivity index (χ1n) is 9.31. The topological polar surface area (TPSA) is 51.3 Å². The summed E-state index contributed by atoms with van der Waals surface area (Å²) in [6.45, 7) is 4.17. The Morgan fingerprint density at radius 3 is 2.75 bits per heavy atom. The fourth-order valence-electron chi connectivity index (χ4n) is 3.41. The van der Waals surface area contributed by atoms with Gasteiger partial charge in [0.1, 0.15) is 12.4 Å². The predicted octanol–water partition coefficient (Wildman–Crippen LogP) is 4.78. The zero-order valence-corrected chi connectivity index (χ0v) is 16.8. The van der Waals surface area contributed by atoms with Crippen LogP contribution in [0.4, 0.5) is 4.39 Å². The van der Waals surface area contributed by atoms with Crippen molar-refractivity contribution in [2.45, 2.75) is 33.0 Å². The van der Waals surface area contributed by atoms with Crippen molar-refractivity contribution < 1.29 is 18.7 Å². The number of allylic oxidation sites excluding steroid dienone is 1. The molecule has 150 valence electrons. The van der Waals surface area contributed by atoms with E-state index in [4.69, 9.17) is 21.1 Å². The van der Waals surface area contributed by atoms with E-state index in [9.17, 15) is 9.18 Å². The van der Waals surface area contributed by atoms with Crippen molar-refractivity contribution in [3.63, 3.8) is 0 Å². The van der Waals surface area contributed by atoms with Crippen LogP contribution in [0.25, 0.3) is 0 Å². The Balaban J connectivity index is 1.53. The number of halogens is 2. The number of esters is 1. The van der Waals surface area contributed by atoms with Crippen LogP contribution in [0.1, 0.15) is 30.7 Å². The van der Waals surface area contributed by atoms with Crippen molar-refractivity contribution >= 4 is 17.6 Å². The molecular weight excluding hydrogens is 381 g/mol. The maximum absolute atomic E-state index is 13.1. The lowest BCUT2D eigenvalue weighted by molar-refractivity contribution is -0.148. The van der Waals surface area contributed by atoms with E-state index < -0.39 is 5.83 Å². The Bertz CT molecular complexity index is 831. The number of aromatic nitrogens is 1. The number of benzene rings is 1. The number of ether oxygens (including phenoxy) is 2. The van der Waals surface area contributed by atoms with Gasteiger partial charge in [-0.2, -0.15) is 0 Å². The second-order valence-corrected chi connectivity index (χ2v) is 7.86. The third-order valence-corrected chi connectivity index (χ3v) is 5.47. The maximum atomic E-state index is 13.1. The quantitative estimate of drug-likeness (QED) is 0.482. The molecule has 3 rings (SSSR count). The number of rotatable bonds is 9. The average molecular weight is 406 g/mol. The molecule has 1 aromatic heterocycles. The van der Waals surface area contributed by atoms with Crippen molar-refractivity contribution in [3.05, 3.63) is 71.3 Å². The number of alkyl halides is 1. The Morgan fingerprint density at radius 2 is 2.04 bits per heavy atom. The van der Waals surface area contributed by atoms with Crippen molar-refractivity contribution in [2.75, 3.05) is 12.5 Å². The molecule has 0 amide bonds. The van der Waals surface area contributed by atoms with Gasteiger partial charge in [-0.05, 0) is 29.7 Å². The van der Waals surface area contributed by atoms with Crippen LogP contribution in [0.2, 0.25) is 0 Å². The van der Waals surface area contributed by atoms with E-state index in [-0.39, 0.29) is 42.5 Å².